The van der Waals surface area contributed by atoms with Crippen LogP contribution in [0.25, 0.3) is 0 Å². The Kier molecular flexibility index (Phi) is 4.70. The zero-order valence-corrected chi connectivity index (χ0v) is 10.1. The average molecular weight is 228 g/mol. The van der Waals surface area contributed by atoms with E-state index in [0.717, 1.165) is 13.1 Å². The van der Waals surface area contributed by atoms with Gasteiger partial charge in [-0.2, -0.15) is 0 Å². The monoisotopic (exact) mass is 228 g/mol. The molecule has 2 N–H and O–H groups in total. The zero-order valence-electron chi connectivity index (χ0n) is 10.1. The van der Waals surface area contributed by atoms with Crippen LogP contribution in [0.15, 0.2) is 0 Å². The van der Waals surface area contributed by atoms with E-state index in [4.69, 9.17) is 0 Å². The Morgan fingerprint density at radius 1 is 1.25 bits per heavy atom. The fourth-order valence-corrected chi connectivity index (χ4v) is 1.52. The van der Waals surface area contributed by atoms with Crippen LogP contribution >= 0.6 is 0 Å². The molecule has 0 aromatic heterocycles. The van der Waals surface area contributed by atoms with Gasteiger partial charge in [0, 0.05) is 40.8 Å². The topological polar surface area (TPSA) is 64.7 Å². The van der Waals surface area contributed by atoms with E-state index in [2.05, 4.69) is 10.6 Å². The van der Waals surface area contributed by atoms with Gasteiger partial charge in [0.15, 0.2) is 0 Å². The zero-order chi connectivity index (χ0) is 12.1. The summed E-state index contributed by atoms with van der Waals surface area (Å²) in [6.45, 7) is 2.42. The van der Waals surface area contributed by atoms with Gasteiger partial charge in [-0.1, -0.05) is 0 Å². The molecule has 6 nitrogen and oxygen atoms in total. The first-order valence-corrected chi connectivity index (χ1v) is 5.41. The van der Waals surface area contributed by atoms with E-state index in [-0.39, 0.29) is 24.4 Å². The van der Waals surface area contributed by atoms with E-state index in [1.807, 2.05) is 0 Å². The third-order valence-electron chi connectivity index (χ3n) is 2.59. The van der Waals surface area contributed by atoms with Gasteiger partial charge in [0.2, 0.25) is 11.8 Å². The predicted octanol–water partition coefficient (Wildman–Crippen LogP) is -1.91. The van der Waals surface area contributed by atoms with Gasteiger partial charge in [-0.3, -0.25) is 9.59 Å². The third kappa shape index (κ3) is 3.46. The molecule has 1 unspecified atom stereocenters. The molecular formula is C10H20N4O2. The van der Waals surface area contributed by atoms with Crippen molar-refractivity contribution in [2.45, 2.75) is 6.04 Å². The number of likely N-dealkylation sites (N-methyl/N-ethyl adjacent to an activating group) is 2. The molecule has 1 rings (SSSR count). The first kappa shape index (κ1) is 12.9. The number of rotatable bonds is 3. The average Bonchev–Trinajstić information content (AvgIpc) is 2.28. The molecule has 1 aliphatic heterocycles. The second-order valence-corrected chi connectivity index (χ2v) is 4.19. The molecule has 2 amide bonds. The number of piperazine rings is 1. The standard InChI is InChI=1S/C10H20N4O2/c1-13(2)9(15)7-14(3)10(16)8-6-11-4-5-12-8/h8,11-12H,4-7H2,1-3H3. The van der Waals surface area contributed by atoms with Gasteiger partial charge in [-0.15, -0.1) is 0 Å². The summed E-state index contributed by atoms with van der Waals surface area (Å²) in [5, 5.41) is 6.26. The van der Waals surface area contributed by atoms with Crippen molar-refractivity contribution in [2.75, 3.05) is 47.3 Å². The van der Waals surface area contributed by atoms with Crippen LogP contribution in [-0.4, -0.2) is 75.0 Å². The summed E-state index contributed by atoms with van der Waals surface area (Å²) in [5.74, 6) is -0.109. The van der Waals surface area contributed by atoms with E-state index in [0.29, 0.717) is 6.54 Å². The van der Waals surface area contributed by atoms with Crippen molar-refractivity contribution in [1.82, 2.24) is 20.4 Å². The van der Waals surface area contributed by atoms with Gasteiger partial charge in [0.1, 0.15) is 0 Å². The van der Waals surface area contributed by atoms with Crippen molar-refractivity contribution >= 4 is 11.8 Å². The molecule has 0 spiro atoms. The highest BCUT2D eigenvalue weighted by Gasteiger charge is 2.24. The minimum absolute atomic E-state index is 0.0394. The summed E-state index contributed by atoms with van der Waals surface area (Å²) in [4.78, 5) is 26.3. The highest BCUT2D eigenvalue weighted by Crippen LogP contribution is 1.95. The molecule has 0 saturated carbocycles. The summed E-state index contributed by atoms with van der Waals surface area (Å²) in [5.41, 5.74) is 0. The number of carbonyl (C=O) groups excluding carboxylic acids is 2. The lowest BCUT2D eigenvalue weighted by Gasteiger charge is -2.28. The second-order valence-electron chi connectivity index (χ2n) is 4.19. The smallest absolute Gasteiger partial charge is 0.241 e. The molecule has 0 bridgehead atoms. The summed E-state index contributed by atoms with van der Waals surface area (Å²) in [7, 11) is 5.02. The van der Waals surface area contributed by atoms with Gasteiger partial charge in [0.25, 0.3) is 0 Å². The largest absolute Gasteiger partial charge is 0.347 e. The first-order valence-electron chi connectivity index (χ1n) is 5.41. The summed E-state index contributed by atoms with van der Waals surface area (Å²) < 4.78 is 0. The highest BCUT2D eigenvalue weighted by molar-refractivity contribution is 5.87. The quantitative estimate of drug-likeness (QED) is 0.592. The molecule has 1 aliphatic rings. The van der Waals surface area contributed by atoms with Crippen LogP contribution < -0.4 is 10.6 Å². The van der Waals surface area contributed by atoms with Crippen LogP contribution in [0.2, 0.25) is 0 Å². The lowest BCUT2D eigenvalue weighted by atomic mass is 10.2. The molecule has 16 heavy (non-hydrogen) atoms. The molecule has 6 heteroatoms. The molecule has 0 aliphatic carbocycles. The van der Waals surface area contributed by atoms with Gasteiger partial charge in [-0.05, 0) is 0 Å². The summed E-state index contributed by atoms with van der Waals surface area (Å²) in [6.07, 6.45) is 0. The minimum Gasteiger partial charge on any atom is -0.347 e. The van der Waals surface area contributed by atoms with E-state index in [1.165, 1.54) is 9.80 Å². The molecule has 92 valence electrons. The number of hydrogen-bond acceptors (Lipinski definition) is 4. The van der Waals surface area contributed by atoms with E-state index in [9.17, 15) is 9.59 Å². The van der Waals surface area contributed by atoms with Crippen LogP contribution in [0, 0.1) is 0 Å². The summed E-state index contributed by atoms with van der Waals surface area (Å²) >= 11 is 0. The number of amides is 2. The number of nitrogens with one attached hydrogen (secondary N) is 2. The Balaban J connectivity index is 2.43. The molecular weight excluding hydrogens is 208 g/mol. The fourth-order valence-electron chi connectivity index (χ4n) is 1.52. The maximum absolute atomic E-state index is 11.9. The molecule has 0 aromatic carbocycles. The Bertz CT molecular complexity index is 262. The Morgan fingerprint density at radius 2 is 1.94 bits per heavy atom. The third-order valence-corrected chi connectivity index (χ3v) is 2.59. The van der Waals surface area contributed by atoms with Crippen molar-refractivity contribution in [3.8, 4) is 0 Å². The SMILES string of the molecule is CN(C)C(=O)CN(C)C(=O)C1CNCCN1. The minimum atomic E-state index is -0.214. The van der Waals surface area contributed by atoms with E-state index in [1.54, 1.807) is 21.1 Å². The number of hydrogen-bond donors (Lipinski definition) is 2. The van der Waals surface area contributed by atoms with E-state index >= 15 is 0 Å². The maximum atomic E-state index is 11.9. The normalized spacial score (nSPS) is 20.3. The number of carbonyl (C=O) groups is 2. The van der Waals surface area contributed by atoms with Crippen LogP contribution in [0.3, 0.4) is 0 Å². The Morgan fingerprint density at radius 3 is 2.44 bits per heavy atom. The number of nitrogens with zero attached hydrogens (tertiary/aromatic N) is 2. The van der Waals surface area contributed by atoms with Crippen molar-refractivity contribution in [3.05, 3.63) is 0 Å². The predicted molar refractivity (Wildman–Crippen MR) is 61.0 cm³/mol. The molecule has 1 saturated heterocycles. The fraction of sp³-hybridized carbons (Fsp3) is 0.800. The van der Waals surface area contributed by atoms with Gasteiger partial charge >= 0.3 is 0 Å². The molecule has 1 heterocycles. The van der Waals surface area contributed by atoms with E-state index < -0.39 is 0 Å². The van der Waals surface area contributed by atoms with Crippen molar-refractivity contribution in [2.24, 2.45) is 0 Å². The van der Waals surface area contributed by atoms with Crippen LogP contribution in [0.1, 0.15) is 0 Å². The molecule has 1 fully saturated rings. The van der Waals surface area contributed by atoms with Gasteiger partial charge in [-0.25, -0.2) is 0 Å². The molecule has 0 radical (unpaired) electrons. The lowest BCUT2D eigenvalue weighted by molar-refractivity contribution is -0.139. The van der Waals surface area contributed by atoms with Crippen molar-refractivity contribution in [1.29, 1.82) is 0 Å². The van der Waals surface area contributed by atoms with Crippen LogP contribution in [-0.2, 0) is 9.59 Å². The highest BCUT2D eigenvalue weighted by atomic mass is 16.2. The van der Waals surface area contributed by atoms with Crippen LogP contribution in [0.4, 0.5) is 0 Å². The second kappa shape index (κ2) is 5.81. The summed E-state index contributed by atoms with van der Waals surface area (Å²) in [6, 6.07) is -0.214. The maximum Gasteiger partial charge on any atom is 0.241 e. The molecule has 0 aromatic rings. The first-order chi connectivity index (χ1) is 7.52. The van der Waals surface area contributed by atoms with Crippen LogP contribution in [0.5, 0.6) is 0 Å². The Labute approximate surface area is 96.0 Å². The van der Waals surface area contributed by atoms with Gasteiger partial charge in [0.05, 0.1) is 12.6 Å². The molecule has 1 atom stereocenters. The van der Waals surface area contributed by atoms with Crippen molar-refractivity contribution < 1.29 is 9.59 Å². The Hall–Kier alpha value is -1.14. The van der Waals surface area contributed by atoms with Gasteiger partial charge < -0.3 is 20.4 Å². The van der Waals surface area contributed by atoms with Crippen molar-refractivity contribution in [3.63, 3.8) is 0 Å². The lowest BCUT2D eigenvalue weighted by Crippen LogP contribution is -2.56.